The Morgan fingerprint density at radius 3 is 2.73 bits per heavy atom. The molecule has 0 fully saturated rings. The van der Waals surface area contributed by atoms with Crippen molar-refractivity contribution < 1.29 is 27.5 Å². The van der Waals surface area contributed by atoms with Crippen molar-refractivity contribution in [1.82, 2.24) is 4.98 Å². The van der Waals surface area contributed by atoms with Crippen LogP contribution in [0.2, 0.25) is 0 Å². The quantitative estimate of drug-likeness (QED) is 0.679. The molecule has 0 aliphatic rings. The summed E-state index contributed by atoms with van der Waals surface area (Å²) in [4.78, 5) is 28.4. The second kappa shape index (κ2) is 7.74. The zero-order chi connectivity index (χ0) is 18.5. The van der Waals surface area contributed by atoms with Gasteiger partial charge in [-0.1, -0.05) is 12.1 Å². The summed E-state index contributed by atoms with van der Waals surface area (Å²) in [5, 5.41) is 6.64. The van der Waals surface area contributed by atoms with Crippen molar-refractivity contribution in [3.05, 3.63) is 58.6 Å². The molecule has 0 atom stereocenters. The van der Waals surface area contributed by atoms with Crippen molar-refractivity contribution >= 4 is 34.9 Å². The number of ether oxygens (including phenoxy) is 1. The summed E-state index contributed by atoms with van der Waals surface area (Å²) in [5.41, 5.74) is 0.145. The van der Waals surface area contributed by atoms with Crippen LogP contribution in [0.15, 0.2) is 52.5 Å². The number of carbonyl (C=O) groups is 2. The number of anilines is 2. The van der Waals surface area contributed by atoms with Gasteiger partial charge >= 0.3 is 12.6 Å². The van der Waals surface area contributed by atoms with Gasteiger partial charge in [-0.2, -0.15) is 13.8 Å². The molecule has 0 spiro atoms. The number of oxazole rings is 1. The number of nitrogens with zero attached hydrogens (tertiary/aromatic N) is 1. The Morgan fingerprint density at radius 1 is 1.15 bits per heavy atom. The Hall–Kier alpha value is -3.27. The van der Waals surface area contributed by atoms with Gasteiger partial charge in [-0.25, -0.2) is 0 Å². The Morgan fingerprint density at radius 2 is 2.00 bits per heavy atom. The van der Waals surface area contributed by atoms with Crippen LogP contribution in [0.3, 0.4) is 0 Å². The van der Waals surface area contributed by atoms with Crippen LogP contribution in [0, 0.1) is 0 Å². The minimum absolute atomic E-state index is 0.0911. The molecular weight excluding hydrogens is 368 g/mol. The number of amides is 2. The van der Waals surface area contributed by atoms with Gasteiger partial charge in [0.15, 0.2) is 5.69 Å². The van der Waals surface area contributed by atoms with Crippen LogP contribution < -0.4 is 15.4 Å². The number of benzene rings is 1. The molecule has 0 saturated carbocycles. The van der Waals surface area contributed by atoms with Gasteiger partial charge in [0.05, 0.1) is 4.88 Å². The smallest absolute Gasteiger partial charge is 0.387 e. The largest absolute Gasteiger partial charge is 0.435 e. The van der Waals surface area contributed by atoms with Gasteiger partial charge in [0, 0.05) is 11.8 Å². The molecule has 0 bridgehead atoms. The van der Waals surface area contributed by atoms with Crippen LogP contribution in [0.4, 0.5) is 20.5 Å². The van der Waals surface area contributed by atoms with Crippen molar-refractivity contribution in [2.75, 3.05) is 10.6 Å². The van der Waals surface area contributed by atoms with E-state index in [0.29, 0.717) is 4.88 Å². The topological polar surface area (TPSA) is 93.5 Å². The van der Waals surface area contributed by atoms with Crippen LogP contribution >= 0.6 is 11.3 Å². The third-order valence-electron chi connectivity index (χ3n) is 3.02. The first-order chi connectivity index (χ1) is 12.5. The van der Waals surface area contributed by atoms with E-state index in [4.69, 9.17) is 4.42 Å². The highest BCUT2D eigenvalue weighted by Crippen LogP contribution is 2.20. The molecule has 134 valence electrons. The van der Waals surface area contributed by atoms with Crippen molar-refractivity contribution in [3.63, 3.8) is 0 Å². The van der Waals surface area contributed by atoms with E-state index in [-0.39, 0.29) is 23.1 Å². The van der Waals surface area contributed by atoms with Crippen molar-refractivity contribution in [1.29, 1.82) is 0 Å². The minimum Gasteiger partial charge on any atom is -0.435 e. The highest BCUT2D eigenvalue weighted by atomic mass is 32.1. The van der Waals surface area contributed by atoms with E-state index < -0.39 is 18.4 Å². The summed E-state index contributed by atoms with van der Waals surface area (Å²) >= 11 is 1.24. The first-order valence-corrected chi connectivity index (χ1v) is 8.06. The summed E-state index contributed by atoms with van der Waals surface area (Å²) < 4.78 is 33.8. The number of carbonyl (C=O) groups excluding carboxylic acids is 2. The van der Waals surface area contributed by atoms with Crippen molar-refractivity contribution in [3.8, 4) is 5.75 Å². The maximum Gasteiger partial charge on any atom is 0.387 e. The SMILES string of the molecule is O=C(Nc1cccc(OC(F)F)c1)c1coc(NC(=O)c2cccs2)n1. The molecule has 1 aromatic carbocycles. The number of hydrogen-bond acceptors (Lipinski definition) is 6. The molecule has 3 aromatic rings. The second-order valence-electron chi connectivity index (χ2n) is 4.83. The van der Waals surface area contributed by atoms with Crippen LogP contribution in [0.1, 0.15) is 20.2 Å². The molecule has 0 radical (unpaired) electrons. The number of rotatable bonds is 6. The third-order valence-corrected chi connectivity index (χ3v) is 3.89. The van der Waals surface area contributed by atoms with Crippen LogP contribution in [0.25, 0.3) is 0 Å². The number of aromatic nitrogens is 1. The number of halogens is 2. The predicted octanol–water partition coefficient (Wildman–Crippen LogP) is 3.84. The van der Waals surface area contributed by atoms with Gasteiger partial charge in [0.25, 0.3) is 11.8 Å². The van der Waals surface area contributed by atoms with E-state index in [1.54, 1.807) is 17.5 Å². The molecule has 0 aliphatic heterocycles. The van der Waals surface area contributed by atoms with Crippen molar-refractivity contribution in [2.45, 2.75) is 6.61 Å². The summed E-state index contributed by atoms with van der Waals surface area (Å²) in [6, 6.07) is 8.73. The zero-order valence-corrected chi connectivity index (χ0v) is 13.8. The standard InChI is InChI=1S/C16H11F2N3O4S/c17-15(18)25-10-4-1-3-9(7-10)19-13(22)11-8-24-16(20-11)21-14(23)12-5-2-6-26-12/h1-8,15H,(H,19,22)(H,20,21,23). The van der Waals surface area contributed by atoms with Gasteiger partial charge in [-0.3, -0.25) is 14.9 Å². The fourth-order valence-electron chi connectivity index (χ4n) is 1.95. The summed E-state index contributed by atoms with van der Waals surface area (Å²) in [7, 11) is 0. The normalized spacial score (nSPS) is 10.6. The number of nitrogens with one attached hydrogen (secondary N) is 2. The first kappa shape index (κ1) is 17.5. The number of thiophene rings is 1. The van der Waals surface area contributed by atoms with E-state index >= 15 is 0 Å². The maximum absolute atomic E-state index is 12.2. The molecule has 0 saturated heterocycles. The molecule has 7 nitrogen and oxygen atoms in total. The van der Waals surface area contributed by atoms with Gasteiger partial charge in [-0.15, -0.1) is 11.3 Å². The molecule has 2 amide bonds. The Kier molecular flexibility index (Phi) is 5.23. The molecule has 3 rings (SSSR count). The highest BCUT2D eigenvalue weighted by molar-refractivity contribution is 7.12. The average Bonchev–Trinajstić information content (AvgIpc) is 3.26. The van der Waals surface area contributed by atoms with Crippen molar-refractivity contribution in [2.24, 2.45) is 0 Å². The predicted molar refractivity (Wildman–Crippen MR) is 89.8 cm³/mol. The Balaban J connectivity index is 1.64. The molecule has 10 heteroatoms. The van der Waals surface area contributed by atoms with E-state index in [9.17, 15) is 18.4 Å². The molecule has 2 heterocycles. The molecular formula is C16H11F2N3O4S. The molecule has 26 heavy (non-hydrogen) atoms. The Labute approximate surface area is 149 Å². The summed E-state index contributed by atoms with van der Waals surface area (Å²) in [6.45, 7) is -2.97. The van der Waals surface area contributed by atoms with Crippen LogP contribution in [-0.2, 0) is 0 Å². The number of hydrogen-bond donors (Lipinski definition) is 2. The van der Waals surface area contributed by atoms with E-state index in [1.807, 2.05) is 0 Å². The van der Waals surface area contributed by atoms with Gasteiger partial charge in [0.2, 0.25) is 0 Å². The van der Waals surface area contributed by atoms with E-state index in [1.165, 1.54) is 35.6 Å². The maximum atomic E-state index is 12.2. The summed E-state index contributed by atoms with van der Waals surface area (Å²) in [5.74, 6) is -1.15. The minimum atomic E-state index is -2.97. The second-order valence-corrected chi connectivity index (χ2v) is 5.78. The lowest BCUT2D eigenvalue weighted by Gasteiger charge is -2.07. The van der Waals surface area contributed by atoms with Gasteiger partial charge < -0.3 is 14.5 Å². The van der Waals surface area contributed by atoms with E-state index in [0.717, 1.165) is 6.26 Å². The summed E-state index contributed by atoms with van der Waals surface area (Å²) in [6.07, 6.45) is 1.07. The lowest BCUT2D eigenvalue weighted by atomic mass is 10.3. The molecule has 2 N–H and O–H groups in total. The average molecular weight is 379 g/mol. The molecule has 2 aromatic heterocycles. The van der Waals surface area contributed by atoms with Crippen LogP contribution in [0.5, 0.6) is 5.75 Å². The van der Waals surface area contributed by atoms with E-state index in [2.05, 4.69) is 20.4 Å². The third kappa shape index (κ3) is 4.42. The van der Waals surface area contributed by atoms with Gasteiger partial charge in [0.1, 0.15) is 12.0 Å². The Bertz CT molecular complexity index is 912. The fraction of sp³-hybridized carbons (Fsp3) is 0.0625. The van der Waals surface area contributed by atoms with Gasteiger partial charge in [-0.05, 0) is 23.6 Å². The first-order valence-electron chi connectivity index (χ1n) is 7.18. The molecule has 0 unspecified atom stereocenters. The molecule has 0 aliphatic carbocycles. The lowest BCUT2D eigenvalue weighted by Crippen LogP contribution is -2.14. The monoisotopic (exact) mass is 379 g/mol. The zero-order valence-electron chi connectivity index (χ0n) is 12.9. The number of alkyl halides is 2. The lowest BCUT2D eigenvalue weighted by molar-refractivity contribution is -0.0498. The fourth-order valence-corrected chi connectivity index (χ4v) is 2.57. The highest BCUT2D eigenvalue weighted by Gasteiger charge is 2.16. The van der Waals surface area contributed by atoms with Crippen LogP contribution in [-0.4, -0.2) is 23.4 Å².